The third-order valence-electron chi connectivity index (χ3n) is 3.37. The molecule has 0 fully saturated rings. The molecule has 0 aliphatic carbocycles. The van der Waals surface area contributed by atoms with Crippen molar-refractivity contribution in [3.8, 4) is 16.9 Å². The minimum absolute atomic E-state index is 0.120. The van der Waals surface area contributed by atoms with Gasteiger partial charge in [0.05, 0.1) is 6.61 Å². The molecule has 0 N–H and O–H groups in total. The van der Waals surface area contributed by atoms with Crippen LogP contribution in [0.15, 0.2) is 42.5 Å². The van der Waals surface area contributed by atoms with E-state index >= 15 is 0 Å². The van der Waals surface area contributed by atoms with Crippen LogP contribution in [0.1, 0.15) is 36.7 Å². The van der Waals surface area contributed by atoms with Gasteiger partial charge in [-0.15, -0.1) is 0 Å². The lowest BCUT2D eigenvalue weighted by Crippen LogP contribution is -1.99. The van der Waals surface area contributed by atoms with Crippen molar-refractivity contribution in [2.24, 2.45) is 0 Å². The Labute approximate surface area is 120 Å². The molecule has 2 nitrogen and oxygen atoms in total. The molecule has 2 heteroatoms. The summed E-state index contributed by atoms with van der Waals surface area (Å²) in [7, 11) is 0. The molecule has 0 aliphatic heterocycles. The van der Waals surface area contributed by atoms with Crippen molar-refractivity contribution < 1.29 is 9.53 Å². The lowest BCUT2D eigenvalue weighted by molar-refractivity contribution is 0.101. The summed E-state index contributed by atoms with van der Waals surface area (Å²) in [5.41, 5.74) is 4.08. The van der Waals surface area contributed by atoms with E-state index in [1.54, 1.807) is 6.92 Å². The first kappa shape index (κ1) is 14.3. The molecule has 0 heterocycles. The lowest BCUT2D eigenvalue weighted by Gasteiger charge is -2.09. The van der Waals surface area contributed by atoms with Gasteiger partial charge < -0.3 is 4.74 Å². The van der Waals surface area contributed by atoms with Crippen LogP contribution >= 0.6 is 0 Å². The van der Waals surface area contributed by atoms with Crippen LogP contribution in [0.3, 0.4) is 0 Å². The summed E-state index contributed by atoms with van der Waals surface area (Å²) < 4.78 is 5.44. The Bertz CT molecular complexity index is 597. The predicted molar refractivity (Wildman–Crippen MR) is 82.4 cm³/mol. The van der Waals surface area contributed by atoms with Crippen molar-refractivity contribution in [2.75, 3.05) is 6.61 Å². The highest BCUT2D eigenvalue weighted by molar-refractivity contribution is 5.96. The summed E-state index contributed by atoms with van der Waals surface area (Å²) >= 11 is 0. The van der Waals surface area contributed by atoms with E-state index in [4.69, 9.17) is 4.74 Å². The molecule has 20 heavy (non-hydrogen) atoms. The highest BCUT2D eigenvalue weighted by Crippen LogP contribution is 2.25. The molecule has 104 valence electrons. The number of aryl methyl sites for hydroxylation is 1. The number of Topliss-reactive ketones (excluding diaryl/α,β-unsaturated/α-hetero) is 1. The zero-order valence-electron chi connectivity index (χ0n) is 12.3. The molecule has 2 aromatic carbocycles. The molecule has 0 saturated carbocycles. The van der Waals surface area contributed by atoms with Gasteiger partial charge in [0.2, 0.25) is 0 Å². The average Bonchev–Trinajstić information content (AvgIpc) is 2.47. The highest BCUT2D eigenvalue weighted by atomic mass is 16.5. The third kappa shape index (κ3) is 3.08. The van der Waals surface area contributed by atoms with Gasteiger partial charge in [0.15, 0.2) is 5.78 Å². The second-order valence-corrected chi connectivity index (χ2v) is 4.74. The second kappa shape index (κ2) is 6.38. The fraction of sp³-hybridized carbons (Fsp3) is 0.278. The van der Waals surface area contributed by atoms with Crippen LogP contribution in [-0.4, -0.2) is 12.4 Å². The average molecular weight is 268 g/mol. The quantitative estimate of drug-likeness (QED) is 0.745. The fourth-order valence-corrected chi connectivity index (χ4v) is 2.30. The molecule has 0 aromatic heterocycles. The van der Waals surface area contributed by atoms with Crippen LogP contribution in [0, 0.1) is 0 Å². The zero-order chi connectivity index (χ0) is 14.5. The van der Waals surface area contributed by atoms with Crippen LogP contribution < -0.4 is 4.74 Å². The second-order valence-electron chi connectivity index (χ2n) is 4.74. The Morgan fingerprint density at radius 3 is 2.20 bits per heavy atom. The van der Waals surface area contributed by atoms with E-state index in [1.165, 1.54) is 0 Å². The van der Waals surface area contributed by atoms with E-state index in [-0.39, 0.29) is 5.78 Å². The number of benzene rings is 2. The van der Waals surface area contributed by atoms with Crippen LogP contribution in [-0.2, 0) is 6.42 Å². The van der Waals surface area contributed by atoms with Gasteiger partial charge in [0, 0.05) is 5.56 Å². The monoisotopic (exact) mass is 268 g/mol. The van der Waals surface area contributed by atoms with Crippen LogP contribution in [0.4, 0.5) is 0 Å². The van der Waals surface area contributed by atoms with E-state index in [1.807, 2.05) is 43.3 Å². The van der Waals surface area contributed by atoms with Gasteiger partial charge >= 0.3 is 0 Å². The minimum Gasteiger partial charge on any atom is -0.494 e. The Morgan fingerprint density at radius 1 is 1.00 bits per heavy atom. The number of carbonyl (C=O) groups is 1. The normalized spacial score (nSPS) is 10.3. The van der Waals surface area contributed by atoms with Gasteiger partial charge in [0.1, 0.15) is 5.75 Å². The molecule has 0 saturated heterocycles. The molecule has 0 unspecified atom stereocenters. The summed E-state index contributed by atoms with van der Waals surface area (Å²) in [6, 6.07) is 14.1. The number of carbonyl (C=O) groups excluding carboxylic acids is 1. The maximum atomic E-state index is 11.7. The number of ketones is 1. The first-order valence-corrected chi connectivity index (χ1v) is 7.02. The standard InChI is InChI=1S/C18H20O2/c1-4-14-6-7-16(12-18(14)13(3)19)15-8-10-17(11-9-15)20-5-2/h6-12H,4-5H2,1-3H3. The van der Waals surface area contributed by atoms with E-state index in [9.17, 15) is 4.79 Å². The van der Waals surface area contributed by atoms with Gasteiger partial charge in [-0.3, -0.25) is 4.79 Å². The molecule has 0 bridgehead atoms. The molecule has 0 aliphatic rings. The van der Waals surface area contributed by atoms with E-state index in [2.05, 4.69) is 13.0 Å². The fourth-order valence-electron chi connectivity index (χ4n) is 2.30. The maximum Gasteiger partial charge on any atom is 0.160 e. The first-order chi connectivity index (χ1) is 9.65. The summed E-state index contributed by atoms with van der Waals surface area (Å²) in [5, 5.41) is 0. The maximum absolute atomic E-state index is 11.7. The smallest absolute Gasteiger partial charge is 0.160 e. The number of hydrogen-bond donors (Lipinski definition) is 0. The van der Waals surface area contributed by atoms with Gasteiger partial charge in [-0.1, -0.05) is 31.2 Å². The Hall–Kier alpha value is -2.09. The van der Waals surface area contributed by atoms with Crippen molar-refractivity contribution >= 4 is 5.78 Å². The largest absolute Gasteiger partial charge is 0.494 e. The van der Waals surface area contributed by atoms with Crippen molar-refractivity contribution in [1.82, 2.24) is 0 Å². The summed E-state index contributed by atoms with van der Waals surface area (Å²) in [6.45, 7) is 6.32. The number of hydrogen-bond acceptors (Lipinski definition) is 2. The number of rotatable bonds is 5. The lowest BCUT2D eigenvalue weighted by atomic mass is 9.96. The summed E-state index contributed by atoms with van der Waals surface area (Å²) in [5.74, 6) is 0.989. The van der Waals surface area contributed by atoms with E-state index in [0.717, 1.165) is 34.4 Å². The molecule has 2 rings (SSSR count). The third-order valence-corrected chi connectivity index (χ3v) is 3.37. The summed E-state index contributed by atoms with van der Waals surface area (Å²) in [4.78, 5) is 11.7. The molecule has 0 atom stereocenters. The minimum atomic E-state index is 0.120. The van der Waals surface area contributed by atoms with Crippen LogP contribution in [0.5, 0.6) is 5.75 Å². The highest BCUT2D eigenvalue weighted by Gasteiger charge is 2.08. The van der Waals surface area contributed by atoms with Gasteiger partial charge in [-0.2, -0.15) is 0 Å². The van der Waals surface area contributed by atoms with Crippen LogP contribution in [0.2, 0.25) is 0 Å². The SMILES string of the molecule is CCOc1ccc(-c2ccc(CC)c(C(C)=O)c2)cc1. The number of ether oxygens (including phenoxy) is 1. The van der Waals surface area contributed by atoms with Crippen LogP contribution in [0.25, 0.3) is 11.1 Å². The Balaban J connectivity index is 2.37. The van der Waals surface area contributed by atoms with E-state index < -0.39 is 0 Å². The van der Waals surface area contributed by atoms with Crippen molar-refractivity contribution in [3.05, 3.63) is 53.6 Å². The summed E-state index contributed by atoms with van der Waals surface area (Å²) in [6.07, 6.45) is 0.873. The molecular weight excluding hydrogens is 248 g/mol. The van der Waals surface area contributed by atoms with Crippen molar-refractivity contribution in [2.45, 2.75) is 27.2 Å². The Morgan fingerprint density at radius 2 is 1.65 bits per heavy atom. The Kier molecular flexibility index (Phi) is 4.57. The predicted octanol–water partition coefficient (Wildman–Crippen LogP) is 4.52. The van der Waals surface area contributed by atoms with Crippen molar-refractivity contribution in [3.63, 3.8) is 0 Å². The first-order valence-electron chi connectivity index (χ1n) is 7.02. The topological polar surface area (TPSA) is 26.3 Å². The molecule has 0 amide bonds. The van der Waals surface area contributed by atoms with Crippen molar-refractivity contribution in [1.29, 1.82) is 0 Å². The van der Waals surface area contributed by atoms with Gasteiger partial charge in [-0.05, 0) is 55.2 Å². The van der Waals surface area contributed by atoms with Gasteiger partial charge in [0.25, 0.3) is 0 Å². The molecule has 2 aromatic rings. The van der Waals surface area contributed by atoms with E-state index in [0.29, 0.717) is 6.61 Å². The zero-order valence-corrected chi connectivity index (χ0v) is 12.3. The molecular formula is C18H20O2. The molecule has 0 spiro atoms. The molecule has 0 radical (unpaired) electrons. The van der Waals surface area contributed by atoms with Gasteiger partial charge in [-0.25, -0.2) is 0 Å².